The summed E-state index contributed by atoms with van der Waals surface area (Å²) in [6, 6.07) is 14.7. The number of hydrogen-bond donors (Lipinski definition) is 1. The fourth-order valence-corrected chi connectivity index (χ4v) is 5.04. The molecule has 26 heavy (non-hydrogen) atoms. The average molecular weight is 383 g/mol. The molecule has 0 unspecified atom stereocenters. The number of aryl methyl sites for hydroxylation is 2. The maximum absolute atomic E-state index is 12.4. The summed E-state index contributed by atoms with van der Waals surface area (Å²) in [6.45, 7) is 3.92. The first-order valence-corrected chi connectivity index (χ1v) is 10.4. The molecular formula is C19H17N3O2S2. The van der Waals surface area contributed by atoms with Gasteiger partial charge in [-0.05, 0) is 55.8 Å². The van der Waals surface area contributed by atoms with Crippen LogP contribution in [0.1, 0.15) is 10.4 Å². The molecule has 5 nitrogen and oxygen atoms in total. The molecule has 0 fully saturated rings. The quantitative estimate of drug-likeness (QED) is 0.565. The van der Waals surface area contributed by atoms with Crippen LogP contribution in [-0.4, -0.2) is 17.8 Å². The summed E-state index contributed by atoms with van der Waals surface area (Å²) in [5.41, 5.74) is 4.35. The van der Waals surface area contributed by atoms with Crippen molar-refractivity contribution in [3.63, 3.8) is 0 Å². The van der Waals surface area contributed by atoms with Crippen LogP contribution in [0.3, 0.4) is 0 Å². The van der Waals surface area contributed by atoms with Gasteiger partial charge in [-0.1, -0.05) is 12.1 Å². The Balaban J connectivity index is 1.60. The van der Waals surface area contributed by atoms with Crippen molar-refractivity contribution in [1.29, 1.82) is 0 Å². The number of benzene rings is 1. The predicted octanol–water partition coefficient (Wildman–Crippen LogP) is 4.48. The highest BCUT2D eigenvalue weighted by Crippen LogP contribution is 2.25. The molecule has 7 heteroatoms. The van der Waals surface area contributed by atoms with Crippen LogP contribution >= 0.6 is 11.3 Å². The third-order valence-corrected chi connectivity index (χ3v) is 6.90. The van der Waals surface area contributed by atoms with Gasteiger partial charge in [0, 0.05) is 28.5 Å². The lowest BCUT2D eigenvalue weighted by Gasteiger charge is -2.06. The van der Waals surface area contributed by atoms with Gasteiger partial charge >= 0.3 is 0 Å². The average Bonchev–Trinajstić information content (AvgIpc) is 3.21. The Kier molecular flexibility index (Phi) is 4.05. The molecule has 0 aliphatic carbocycles. The zero-order valence-corrected chi connectivity index (χ0v) is 15.9. The van der Waals surface area contributed by atoms with Crippen molar-refractivity contribution in [2.45, 2.75) is 18.1 Å². The summed E-state index contributed by atoms with van der Waals surface area (Å²) in [5, 5.41) is 0. The molecular weight excluding hydrogens is 366 g/mol. The first-order chi connectivity index (χ1) is 12.4. The standard InChI is InChI=1S/C19H17N3O2S2/c1-13-9-10-22-12-17(20-18(22)11-13)15-4-6-16(7-5-15)21-26(23,24)19-8-3-14(2)25-19/h3-12,21H,1-2H3. The van der Waals surface area contributed by atoms with Crippen LogP contribution in [0.4, 0.5) is 5.69 Å². The highest BCUT2D eigenvalue weighted by atomic mass is 32.2. The van der Waals surface area contributed by atoms with Gasteiger partial charge in [0.1, 0.15) is 9.86 Å². The van der Waals surface area contributed by atoms with E-state index in [-0.39, 0.29) is 0 Å². The van der Waals surface area contributed by atoms with E-state index in [4.69, 9.17) is 0 Å². The van der Waals surface area contributed by atoms with Gasteiger partial charge in [0.15, 0.2) is 0 Å². The monoisotopic (exact) mass is 383 g/mol. The second-order valence-corrected chi connectivity index (χ2v) is 9.34. The Morgan fingerprint density at radius 3 is 2.50 bits per heavy atom. The maximum Gasteiger partial charge on any atom is 0.271 e. The fraction of sp³-hybridized carbons (Fsp3) is 0.105. The van der Waals surface area contributed by atoms with Crippen molar-refractivity contribution in [3.8, 4) is 11.3 Å². The molecule has 3 aromatic heterocycles. The van der Waals surface area contributed by atoms with Crippen LogP contribution in [0.25, 0.3) is 16.9 Å². The first-order valence-electron chi connectivity index (χ1n) is 8.06. The van der Waals surface area contributed by atoms with Crippen LogP contribution in [0, 0.1) is 13.8 Å². The molecule has 0 saturated heterocycles. The topological polar surface area (TPSA) is 63.5 Å². The van der Waals surface area contributed by atoms with Crippen molar-refractivity contribution >= 4 is 32.7 Å². The van der Waals surface area contributed by atoms with E-state index in [0.717, 1.165) is 27.3 Å². The first kappa shape index (κ1) is 16.8. The minimum absolute atomic E-state index is 0.315. The Morgan fingerprint density at radius 2 is 1.81 bits per heavy atom. The molecule has 0 aliphatic rings. The van der Waals surface area contributed by atoms with Crippen molar-refractivity contribution in [2.75, 3.05) is 4.72 Å². The van der Waals surface area contributed by atoms with Crippen LogP contribution in [0.15, 0.2) is 65.1 Å². The molecule has 0 aliphatic heterocycles. The van der Waals surface area contributed by atoms with E-state index in [9.17, 15) is 8.42 Å². The molecule has 0 amide bonds. The second-order valence-electron chi connectivity index (χ2n) is 6.14. The summed E-state index contributed by atoms with van der Waals surface area (Å²) in [6.07, 6.45) is 3.94. The number of imidazole rings is 1. The molecule has 132 valence electrons. The van der Waals surface area contributed by atoms with Crippen LogP contribution in [0.5, 0.6) is 0 Å². The number of nitrogens with zero attached hydrogens (tertiary/aromatic N) is 2. The smallest absolute Gasteiger partial charge is 0.271 e. The number of rotatable bonds is 4. The molecule has 1 N–H and O–H groups in total. The van der Waals surface area contributed by atoms with Crippen LogP contribution < -0.4 is 4.72 Å². The number of pyridine rings is 1. The van der Waals surface area contributed by atoms with Gasteiger partial charge in [-0.25, -0.2) is 13.4 Å². The number of fused-ring (bicyclic) bond motifs is 1. The van der Waals surface area contributed by atoms with E-state index in [2.05, 4.69) is 9.71 Å². The minimum atomic E-state index is -3.55. The minimum Gasteiger partial charge on any atom is -0.306 e. The Bertz CT molecular complexity index is 1190. The summed E-state index contributed by atoms with van der Waals surface area (Å²) in [4.78, 5) is 5.59. The molecule has 0 radical (unpaired) electrons. The zero-order valence-electron chi connectivity index (χ0n) is 14.3. The fourth-order valence-electron chi connectivity index (χ4n) is 2.69. The lowest BCUT2D eigenvalue weighted by atomic mass is 10.1. The van der Waals surface area contributed by atoms with Crippen molar-refractivity contribution in [3.05, 3.63) is 71.4 Å². The van der Waals surface area contributed by atoms with E-state index in [1.807, 2.05) is 54.9 Å². The number of sulfonamides is 1. The van der Waals surface area contributed by atoms with Crippen LogP contribution in [-0.2, 0) is 10.0 Å². The van der Waals surface area contributed by atoms with Gasteiger partial charge < -0.3 is 4.40 Å². The zero-order chi connectivity index (χ0) is 18.3. The van der Waals surface area contributed by atoms with Crippen molar-refractivity contribution in [2.24, 2.45) is 0 Å². The highest BCUT2D eigenvalue weighted by Gasteiger charge is 2.16. The van der Waals surface area contributed by atoms with E-state index >= 15 is 0 Å². The molecule has 3 heterocycles. The van der Waals surface area contributed by atoms with Crippen molar-refractivity contribution in [1.82, 2.24) is 9.38 Å². The Morgan fingerprint density at radius 1 is 1.04 bits per heavy atom. The largest absolute Gasteiger partial charge is 0.306 e. The van der Waals surface area contributed by atoms with Gasteiger partial charge in [-0.3, -0.25) is 4.72 Å². The lowest BCUT2D eigenvalue weighted by molar-refractivity contribution is 0.603. The van der Waals surface area contributed by atoms with E-state index in [1.54, 1.807) is 24.3 Å². The van der Waals surface area contributed by atoms with E-state index in [1.165, 1.54) is 11.3 Å². The molecule has 0 spiro atoms. The van der Waals surface area contributed by atoms with Crippen molar-refractivity contribution < 1.29 is 8.42 Å². The molecule has 0 atom stereocenters. The van der Waals surface area contributed by atoms with E-state index in [0.29, 0.717) is 9.90 Å². The van der Waals surface area contributed by atoms with Gasteiger partial charge in [0.2, 0.25) is 0 Å². The summed E-state index contributed by atoms with van der Waals surface area (Å²) in [5.74, 6) is 0. The summed E-state index contributed by atoms with van der Waals surface area (Å²) >= 11 is 1.25. The lowest BCUT2D eigenvalue weighted by Crippen LogP contribution is -2.11. The van der Waals surface area contributed by atoms with Gasteiger partial charge in [0.25, 0.3) is 10.0 Å². The Labute approximate surface area is 156 Å². The molecule has 1 aromatic carbocycles. The number of thiophene rings is 1. The SMILES string of the molecule is Cc1ccn2cc(-c3ccc(NS(=O)(=O)c4ccc(C)s4)cc3)nc2c1. The van der Waals surface area contributed by atoms with Gasteiger partial charge in [0.05, 0.1) is 5.69 Å². The molecule has 0 bridgehead atoms. The maximum atomic E-state index is 12.4. The third kappa shape index (κ3) is 3.23. The number of hydrogen-bond acceptors (Lipinski definition) is 4. The number of nitrogens with one attached hydrogen (secondary N) is 1. The van der Waals surface area contributed by atoms with Gasteiger partial charge in [-0.15, -0.1) is 11.3 Å². The molecule has 0 saturated carbocycles. The van der Waals surface area contributed by atoms with Crippen LogP contribution in [0.2, 0.25) is 0 Å². The normalized spacial score (nSPS) is 11.8. The molecule has 4 rings (SSSR count). The summed E-state index contributed by atoms with van der Waals surface area (Å²) < 4.78 is 29.7. The van der Waals surface area contributed by atoms with E-state index < -0.39 is 10.0 Å². The third-order valence-electron chi connectivity index (χ3n) is 4.03. The predicted molar refractivity (Wildman–Crippen MR) is 105 cm³/mol. The van der Waals surface area contributed by atoms with Gasteiger partial charge in [-0.2, -0.15) is 0 Å². The molecule has 4 aromatic rings. The number of aromatic nitrogens is 2. The summed E-state index contributed by atoms with van der Waals surface area (Å²) in [7, 11) is -3.55. The second kappa shape index (κ2) is 6.26. The number of anilines is 1. The highest BCUT2D eigenvalue weighted by molar-refractivity contribution is 7.94. The Hall–Kier alpha value is -2.64.